The molecule has 0 saturated heterocycles. The highest BCUT2D eigenvalue weighted by Gasteiger charge is 2.20. The van der Waals surface area contributed by atoms with Crippen LogP contribution in [0.4, 0.5) is 5.69 Å². The van der Waals surface area contributed by atoms with Crippen LogP contribution >= 0.6 is 0 Å². The predicted molar refractivity (Wildman–Crippen MR) is 59.9 cm³/mol. The number of nitrogens with zero attached hydrogens (tertiary/aromatic N) is 2. The number of anilines is 1. The van der Waals surface area contributed by atoms with Crippen molar-refractivity contribution in [1.82, 2.24) is 9.78 Å². The largest absolute Gasteiger partial charge is 0.381 e. The summed E-state index contributed by atoms with van der Waals surface area (Å²) in [6.45, 7) is 0. The number of rotatable bonds is 3. The van der Waals surface area contributed by atoms with Gasteiger partial charge in [0.25, 0.3) is 0 Å². The summed E-state index contributed by atoms with van der Waals surface area (Å²) >= 11 is 0. The van der Waals surface area contributed by atoms with Gasteiger partial charge in [-0.3, -0.25) is 4.68 Å². The molecule has 1 aromatic rings. The van der Waals surface area contributed by atoms with E-state index < -0.39 is 0 Å². The highest BCUT2D eigenvalue weighted by atomic mass is 16.5. The molecule has 0 amide bonds. The summed E-state index contributed by atoms with van der Waals surface area (Å²) in [5.41, 5.74) is 1.12. The molecule has 0 spiro atoms. The molecule has 0 atom stereocenters. The Kier molecular flexibility index (Phi) is 3.26. The van der Waals surface area contributed by atoms with E-state index in [0.29, 0.717) is 12.1 Å². The van der Waals surface area contributed by atoms with Crippen LogP contribution in [0.25, 0.3) is 0 Å². The van der Waals surface area contributed by atoms with Crippen LogP contribution in [0.5, 0.6) is 0 Å². The maximum absolute atomic E-state index is 5.35. The van der Waals surface area contributed by atoms with Gasteiger partial charge in [-0.05, 0) is 25.7 Å². The van der Waals surface area contributed by atoms with Crippen molar-refractivity contribution in [3.8, 4) is 0 Å². The van der Waals surface area contributed by atoms with E-state index in [1.807, 2.05) is 24.1 Å². The van der Waals surface area contributed by atoms with E-state index in [0.717, 1.165) is 18.5 Å². The predicted octanol–water partition coefficient (Wildman–Crippen LogP) is 1.79. The first-order valence-corrected chi connectivity index (χ1v) is 5.56. The zero-order chi connectivity index (χ0) is 10.7. The van der Waals surface area contributed by atoms with Crippen molar-refractivity contribution in [2.45, 2.75) is 37.8 Å². The Morgan fingerprint density at radius 3 is 2.67 bits per heavy atom. The van der Waals surface area contributed by atoms with Crippen LogP contribution in [-0.2, 0) is 11.8 Å². The number of hydrogen-bond acceptors (Lipinski definition) is 3. The molecule has 84 valence electrons. The van der Waals surface area contributed by atoms with Gasteiger partial charge >= 0.3 is 0 Å². The third kappa shape index (κ3) is 2.72. The monoisotopic (exact) mass is 209 g/mol. The van der Waals surface area contributed by atoms with E-state index in [4.69, 9.17) is 4.74 Å². The maximum Gasteiger partial charge on any atom is 0.0728 e. The Morgan fingerprint density at radius 1 is 1.40 bits per heavy atom. The number of aryl methyl sites for hydroxylation is 1. The molecule has 0 unspecified atom stereocenters. The molecule has 4 nitrogen and oxygen atoms in total. The Bertz CT molecular complexity index is 303. The molecule has 2 rings (SSSR count). The quantitative estimate of drug-likeness (QED) is 0.825. The fraction of sp³-hybridized carbons (Fsp3) is 0.727. The molecule has 1 heterocycles. The van der Waals surface area contributed by atoms with Gasteiger partial charge in [0.15, 0.2) is 0 Å². The third-order valence-electron chi connectivity index (χ3n) is 3.08. The minimum absolute atomic E-state index is 0.469. The molecule has 0 aromatic carbocycles. The molecule has 1 saturated carbocycles. The maximum atomic E-state index is 5.35. The summed E-state index contributed by atoms with van der Waals surface area (Å²) in [5.74, 6) is 0. The molecular weight excluding hydrogens is 190 g/mol. The summed E-state index contributed by atoms with van der Waals surface area (Å²) in [6, 6.07) is 0.584. The SMILES string of the molecule is COC1CCC(Nc2cnn(C)c2)CC1. The minimum Gasteiger partial charge on any atom is -0.381 e. The smallest absolute Gasteiger partial charge is 0.0728 e. The molecule has 0 bridgehead atoms. The first kappa shape index (κ1) is 10.5. The van der Waals surface area contributed by atoms with Gasteiger partial charge in [-0.1, -0.05) is 0 Å². The average Bonchev–Trinajstić information content (AvgIpc) is 2.65. The van der Waals surface area contributed by atoms with E-state index in [9.17, 15) is 0 Å². The lowest BCUT2D eigenvalue weighted by Gasteiger charge is -2.28. The molecule has 4 heteroatoms. The van der Waals surface area contributed by atoms with Crippen LogP contribution in [0.2, 0.25) is 0 Å². The molecule has 1 aliphatic carbocycles. The van der Waals surface area contributed by atoms with Crippen molar-refractivity contribution in [2.75, 3.05) is 12.4 Å². The van der Waals surface area contributed by atoms with Crippen LogP contribution in [-0.4, -0.2) is 29.0 Å². The van der Waals surface area contributed by atoms with Crippen molar-refractivity contribution < 1.29 is 4.74 Å². The third-order valence-corrected chi connectivity index (χ3v) is 3.08. The molecule has 1 fully saturated rings. The lowest BCUT2D eigenvalue weighted by Crippen LogP contribution is -2.29. The summed E-state index contributed by atoms with van der Waals surface area (Å²) in [6.07, 6.45) is 9.06. The fourth-order valence-corrected chi connectivity index (χ4v) is 2.17. The molecule has 15 heavy (non-hydrogen) atoms. The van der Waals surface area contributed by atoms with Gasteiger partial charge in [-0.15, -0.1) is 0 Å². The standard InChI is InChI=1S/C11H19N3O/c1-14-8-10(7-12-14)13-9-3-5-11(15-2)6-4-9/h7-9,11,13H,3-6H2,1-2H3. The van der Waals surface area contributed by atoms with Gasteiger partial charge in [0.05, 0.1) is 18.0 Å². The zero-order valence-electron chi connectivity index (χ0n) is 9.44. The summed E-state index contributed by atoms with van der Waals surface area (Å²) in [4.78, 5) is 0. The number of aromatic nitrogens is 2. The lowest BCUT2D eigenvalue weighted by atomic mass is 9.93. The van der Waals surface area contributed by atoms with Crippen molar-refractivity contribution in [3.05, 3.63) is 12.4 Å². The molecule has 1 N–H and O–H groups in total. The molecule has 1 aliphatic rings. The Hall–Kier alpha value is -1.03. The van der Waals surface area contributed by atoms with Crippen molar-refractivity contribution in [2.24, 2.45) is 7.05 Å². The number of hydrogen-bond donors (Lipinski definition) is 1. The second-order valence-corrected chi connectivity index (χ2v) is 4.26. The van der Waals surface area contributed by atoms with Gasteiger partial charge in [-0.2, -0.15) is 5.10 Å². The van der Waals surface area contributed by atoms with Crippen LogP contribution in [0.3, 0.4) is 0 Å². The molecule has 0 aliphatic heterocycles. The molecule has 1 aromatic heterocycles. The van der Waals surface area contributed by atoms with E-state index >= 15 is 0 Å². The van der Waals surface area contributed by atoms with Crippen molar-refractivity contribution in [1.29, 1.82) is 0 Å². The summed E-state index contributed by atoms with van der Waals surface area (Å²) in [5, 5.41) is 7.65. The average molecular weight is 209 g/mol. The highest BCUT2D eigenvalue weighted by Crippen LogP contribution is 2.23. The Balaban J connectivity index is 1.82. The number of methoxy groups -OCH3 is 1. The summed E-state index contributed by atoms with van der Waals surface area (Å²) < 4.78 is 7.17. The normalized spacial score (nSPS) is 26.5. The van der Waals surface area contributed by atoms with Crippen LogP contribution in [0.15, 0.2) is 12.4 Å². The Morgan fingerprint density at radius 2 is 2.13 bits per heavy atom. The van der Waals surface area contributed by atoms with Gasteiger partial charge in [0.2, 0.25) is 0 Å². The van der Waals surface area contributed by atoms with Crippen molar-refractivity contribution in [3.63, 3.8) is 0 Å². The number of nitrogens with one attached hydrogen (secondary N) is 1. The van der Waals surface area contributed by atoms with Gasteiger partial charge in [0, 0.05) is 26.4 Å². The van der Waals surface area contributed by atoms with E-state index in [1.165, 1.54) is 12.8 Å². The van der Waals surface area contributed by atoms with E-state index in [2.05, 4.69) is 10.4 Å². The van der Waals surface area contributed by atoms with Crippen LogP contribution < -0.4 is 5.32 Å². The van der Waals surface area contributed by atoms with Gasteiger partial charge in [0.1, 0.15) is 0 Å². The van der Waals surface area contributed by atoms with E-state index in [-0.39, 0.29) is 0 Å². The van der Waals surface area contributed by atoms with Gasteiger partial charge in [-0.25, -0.2) is 0 Å². The highest BCUT2D eigenvalue weighted by molar-refractivity contribution is 5.39. The summed E-state index contributed by atoms with van der Waals surface area (Å²) in [7, 11) is 3.74. The minimum atomic E-state index is 0.469. The zero-order valence-corrected chi connectivity index (χ0v) is 9.44. The lowest BCUT2D eigenvalue weighted by molar-refractivity contribution is 0.0682. The second-order valence-electron chi connectivity index (χ2n) is 4.26. The van der Waals surface area contributed by atoms with Crippen LogP contribution in [0.1, 0.15) is 25.7 Å². The topological polar surface area (TPSA) is 39.1 Å². The molecule has 0 radical (unpaired) electrons. The first-order valence-electron chi connectivity index (χ1n) is 5.56. The second kappa shape index (κ2) is 4.66. The fourth-order valence-electron chi connectivity index (χ4n) is 2.17. The Labute approximate surface area is 90.6 Å². The first-order chi connectivity index (χ1) is 7.28. The number of ether oxygens (including phenoxy) is 1. The molecular formula is C11H19N3O. The van der Waals surface area contributed by atoms with E-state index in [1.54, 1.807) is 7.11 Å². The van der Waals surface area contributed by atoms with Crippen molar-refractivity contribution >= 4 is 5.69 Å². The van der Waals surface area contributed by atoms with Crippen LogP contribution in [0, 0.1) is 0 Å². The van der Waals surface area contributed by atoms with Gasteiger partial charge < -0.3 is 10.1 Å².